The number of nitriles is 1. The highest BCUT2D eigenvalue weighted by Crippen LogP contribution is 2.39. The fourth-order valence-corrected chi connectivity index (χ4v) is 4.34. The molecule has 34 heavy (non-hydrogen) atoms. The van der Waals surface area contributed by atoms with Crippen molar-refractivity contribution >= 4 is 55.3 Å². The molecular formula is C24H18BrClN2O5S. The Balaban J connectivity index is 1.90. The standard InChI is InChI=1S/C24H18BrClN2O5S/c1-15-3-9-20(10-4-15)34(30,31)33-23-21(26)12-16(13-22(23)32-2)11-17(14-27)24(29)28-19-7-5-18(25)6-8-19/h3-13H,1-2H3,(H,28,29)/b17-11+. The van der Waals surface area contributed by atoms with Gasteiger partial charge in [-0.2, -0.15) is 13.7 Å². The van der Waals surface area contributed by atoms with E-state index in [4.69, 9.17) is 20.5 Å². The van der Waals surface area contributed by atoms with Crippen LogP contribution >= 0.6 is 27.5 Å². The van der Waals surface area contributed by atoms with Crippen LogP contribution in [0.15, 0.2) is 75.6 Å². The lowest BCUT2D eigenvalue weighted by Crippen LogP contribution is -2.13. The molecule has 174 valence electrons. The molecule has 0 bridgehead atoms. The molecule has 0 atom stereocenters. The number of nitrogens with one attached hydrogen (secondary N) is 1. The van der Waals surface area contributed by atoms with E-state index in [0.29, 0.717) is 11.3 Å². The first-order chi connectivity index (χ1) is 16.1. The second-order valence-corrected chi connectivity index (χ2v) is 9.88. The first kappa shape index (κ1) is 25.3. The van der Waals surface area contributed by atoms with Crippen LogP contribution in [-0.4, -0.2) is 21.4 Å². The van der Waals surface area contributed by atoms with Crippen molar-refractivity contribution in [2.24, 2.45) is 0 Å². The van der Waals surface area contributed by atoms with Crippen molar-refractivity contribution in [3.8, 4) is 17.6 Å². The summed E-state index contributed by atoms with van der Waals surface area (Å²) in [6.45, 7) is 1.83. The summed E-state index contributed by atoms with van der Waals surface area (Å²) >= 11 is 9.61. The number of ether oxygens (including phenoxy) is 1. The van der Waals surface area contributed by atoms with Crippen molar-refractivity contribution in [2.75, 3.05) is 12.4 Å². The number of aryl methyl sites for hydroxylation is 1. The molecule has 1 N–H and O–H groups in total. The third-order valence-corrected chi connectivity index (χ3v) is 6.58. The van der Waals surface area contributed by atoms with Crippen LogP contribution in [-0.2, 0) is 14.9 Å². The van der Waals surface area contributed by atoms with Gasteiger partial charge in [0.25, 0.3) is 5.91 Å². The number of benzene rings is 3. The first-order valence-electron chi connectivity index (χ1n) is 9.70. The molecule has 0 spiro atoms. The van der Waals surface area contributed by atoms with Crippen LogP contribution in [0.2, 0.25) is 5.02 Å². The fourth-order valence-electron chi connectivity index (χ4n) is 2.81. The quantitative estimate of drug-likeness (QED) is 0.224. The lowest BCUT2D eigenvalue weighted by Gasteiger charge is -2.13. The summed E-state index contributed by atoms with van der Waals surface area (Å²) in [4.78, 5) is 12.5. The number of hydrogen-bond donors (Lipinski definition) is 1. The molecule has 0 unspecified atom stereocenters. The molecule has 0 fully saturated rings. The summed E-state index contributed by atoms with van der Waals surface area (Å²) in [5.74, 6) is -0.818. The van der Waals surface area contributed by atoms with E-state index < -0.39 is 16.0 Å². The van der Waals surface area contributed by atoms with E-state index in [2.05, 4.69) is 21.2 Å². The average Bonchev–Trinajstić information content (AvgIpc) is 2.80. The lowest BCUT2D eigenvalue weighted by molar-refractivity contribution is -0.112. The Morgan fingerprint density at radius 2 is 1.76 bits per heavy atom. The molecule has 10 heteroatoms. The van der Waals surface area contributed by atoms with E-state index in [1.165, 1.54) is 37.5 Å². The van der Waals surface area contributed by atoms with Gasteiger partial charge < -0.3 is 14.2 Å². The maximum absolute atomic E-state index is 12.7. The second kappa shape index (κ2) is 10.7. The molecule has 3 rings (SSSR count). The normalized spacial score (nSPS) is 11.4. The van der Waals surface area contributed by atoms with Crippen LogP contribution in [0.1, 0.15) is 11.1 Å². The number of methoxy groups -OCH3 is 1. The van der Waals surface area contributed by atoms with Gasteiger partial charge in [0, 0.05) is 10.2 Å². The molecule has 0 radical (unpaired) electrons. The Morgan fingerprint density at radius 3 is 2.35 bits per heavy atom. The van der Waals surface area contributed by atoms with Crippen molar-refractivity contribution in [1.29, 1.82) is 5.26 Å². The Labute approximate surface area is 210 Å². The number of hydrogen-bond acceptors (Lipinski definition) is 6. The third kappa shape index (κ3) is 6.17. The van der Waals surface area contributed by atoms with Gasteiger partial charge in [-0.1, -0.05) is 45.2 Å². The molecule has 0 saturated carbocycles. The molecule has 0 aliphatic heterocycles. The first-order valence-corrected chi connectivity index (χ1v) is 12.3. The van der Waals surface area contributed by atoms with Gasteiger partial charge in [0.2, 0.25) is 5.75 Å². The van der Waals surface area contributed by atoms with Gasteiger partial charge in [-0.15, -0.1) is 0 Å². The van der Waals surface area contributed by atoms with Gasteiger partial charge in [0.1, 0.15) is 16.5 Å². The predicted octanol–water partition coefficient (Wildman–Crippen LogP) is 5.73. The van der Waals surface area contributed by atoms with Gasteiger partial charge >= 0.3 is 10.1 Å². The third-order valence-electron chi connectivity index (χ3n) is 4.53. The molecule has 0 aliphatic carbocycles. The van der Waals surface area contributed by atoms with Gasteiger partial charge in [-0.3, -0.25) is 4.79 Å². The summed E-state index contributed by atoms with van der Waals surface area (Å²) in [5, 5.41) is 12.0. The molecule has 0 saturated heterocycles. The molecule has 3 aromatic carbocycles. The van der Waals surface area contributed by atoms with E-state index in [1.807, 2.05) is 13.0 Å². The van der Waals surface area contributed by atoms with E-state index in [9.17, 15) is 18.5 Å². The van der Waals surface area contributed by atoms with E-state index in [-0.39, 0.29) is 27.0 Å². The summed E-state index contributed by atoms with van der Waals surface area (Å²) in [7, 11) is -2.86. The molecule has 0 aromatic heterocycles. The van der Waals surface area contributed by atoms with Crippen LogP contribution in [0.3, 0.4) is 0 Å². The van der Waals surface area contributed by atoms with E-state index in [0.717, 1.165) is 10.0 Å². The van der Waals surface area contributed by atoms with Crippen LogP contribution in [0, 0.1) is 18.3 Å². The number of halogens is 2. The average molecular weight is 562 g/mol. The smallest absolute Gasteiger partial charge is 0.339 e. The molecule has 7 nitrogen and oxygen atoms in total. The summed E-state index contributed by atoms with van der Waals surface area (Å²) in [5.41, 5.74) is 1.55. The highest BCUT2D eigenvalue weighted by Gasteiger charge is 2.22. The highest BCUT2D eigenvalue weighted by molar-refractivity contribution is 9.10. The minimum absolute atomic E-state index is 0.0139. The van der Waals surface area contributed by atoms with Gasteiger partial charge in [0.15, 0.2) is 5.75 Å². The van der Waals surface area contributed by atoms with Crippen molar-refractivity contribution in [3.05, 3.63) is 86.9 Å². The van der Waals surface area contributed by atoms with E-state index in [1.54, 1.807) is 36.4 Å². The van der Waals surface area contributed by atoms with E-state index >= 15 is 0 Å². The summed E-state index contributed by atoms with van der Waals surface area (Å²) in [6.07, 6.45) is 1.31. The predicted molar refractivity (Wildman–Crippen MR) is 133 cm³/mol. The summed E-state index contributed by atoms with van der Waals surface area (Å²) < 4.78 is 36.7. The van der Waals surface area contributed by atoms with Crippen molar-refractivity contribution < 1.29 is 22.1 Å². The zero-order chi connectivity index (χ0) is 24.9. The molecule has 0 aliphatic rings. The zero-order valence-electron chi connectivity index (χ0n) is 18.0. The lowest BCUT2D eigenvalue weighted by atomic mass is 10.1. The number of carbonyl (C=O) groups excluding carboxylic acids is 1. The van der Waals surface area contributed by atoms with Crippen LogP contribution in [0.4, 0.5) is 5.69 Å². The fraction of sp³-hybridized carbons (Fsp3) is 0.0833. The van der Waals surface area contributed by atoms with Gasteiger partial charge in [0.05, 0.1) is 12.1 Å². The number of anilines is 1. The highest BCUT2D eigenvalue weighted by atomic mass is 79.9. The van der Waals surface area contributed by atoms with Crippen LogP contribution in [0.5, 0.6) is 11.5 Å². The molecular weight excluding hydrogens is 544 g/mol. The second-order valence-electron chi connectivity index (χ2n) is 7.02. The van der Waals surface area contributed by atoms with Crippen LogP contribution in [0.25, 0.3) is 6.08 Å². The van der Waals surface area contributed by atoms with Gasteiger partial charge in [-0.05, 0) is 67.1 Å². The Kier molecular flexibility index (Phi) is 7.99. The van der Waals surface area contributed by atoms with Gasteiger partial charge in [-0.25, -0.2) is 0 Å². The Hall–Kier alpha value is -3.32. The van der Waals surface area contributed by atoms with Crippen LogP contribution < -0.4 is 14.2 Å². The van der Waals surface area contributed by atoms with Crippen molar-refractivity contribution in [2.45, 2.75) is 11.8 Å². The maximum Gasteiger partial charge on any atom is 0.339 e. The van der Waals surface area contributed by atoms with Crippen molar-refractivity contribution in [3.63, 3.8) is 0 Å². The minimum Gasteiger partial charge on any atom is -0.493 e. The largest absolute Gasteiger partial charge is 0.493 e. The summed E-state index contributed by atoms with van der Waals surface area (Å²) in [6, 6.07) is 17.6. The number of nitrogens with zero attached hydrogens (tertiary/aromatic N) is 1. The molecule has 0 heterocycles. The topological polar surface area (TPSA) is 105 Å². The molecule has 3 aromatic rings. The Bertz CT molecular complexity index is 1400. The SMILES string of the molecule is COc1cc(/C=C(\C#N)C(=O)Nc2ccc(Br)cc2)cc(Cl)c1OS(=O)(=O)c1ccc(C)cc1. The monoisotopic (exact) mass is 560 g/mol. The van der Waals surface area contributed by atoms with Crippen molar-refractivity contribution in [1.82, 2.24) is 0 Å². The zero-order valence-corrected chi connectivity index (χ0v) is 21.2. The number of carbonyl (C=O) groups is 1. The molecule has 1 amide bonds. The maximum atomic E-state index is 12.7. The Morgan fingerprint density at radius 1 is 1.12 bits per heavy atom. The number of rotatable bonds is 7. The minimum atomic E-state index is -4.18. The number of amides is 1.